The van der Waals surface area contributed by atoms with Gasteiger partial charge in [-0.2, -0.15) is 0 Å². The zero-order chi connectivity index (χ0) is 23.1. The van der Waals surface area contributed by atoms with Gasteiger partial charge in [-0.15, -0.1) is 0 Å². The molecule has 166 valence electrons. The van der Waals surface area contributed by atoms with E-state index < -0.39 is 41.7 Å². The van der Waals surface area contributed by atoms with E-state index in [0.717, 1.165) is 4.90 Å². The Labute approximate surface area is 188 Å². The number of benzene rings is 3. The van der Waals surface area contributed by atoms with Gasteiger partial charge in [-0.25, -0.2) is 19.1 Å². The summed E-state index contributed by atoms with van der Waals surface area (Å²) < 4.78 is 18.3. The summed E-state index contributed by atoms with van der Waals surface area (Å²) in [4.78, 5) is 45.6. The van der Waals surface area contributed by atoms with E-state index in [0.29, 0.717) is 22.5 Å². The van der Waals surface area contributed by atoms with E-state index in [2.05, 4.69) is 0 Å². The number of halogens is 1. The van der Waals surface area contributed by atoms with E-state index in [1.165, 1.54) is 43.5 Å². The first-order valence-corrected chi connectivity index (χ1v) is 10.3. The Morgan fingerprint density at radius 1 is 0.879 bits per heavy atom. The van der Waals surface area contributed by atoms with Crippen molar-refractivity contribution >= 4 is 29.2 Å². The van der Waals surface area contributed by atoms with E-state index in [-0.39, 0.29) is 0 Å². The molecule has 0 N–H and O–H groups in total. The Hall–Kier alpha value is -4.04. The molecule has 8 heteroatoms. The van der Waals surface area contributed by atoms with Crippen molar-refractivity contribution in [2.45, 2.75) is 12.1 Å². The van der Waals surface area contributed by atoms with Crippen LogP contribution in [0.5, 0.6) is 0 Å². The molecule has 0 spiro atoms. The van der Waals surface area contributed by atoms with E-state index in [9.17, 15) is 18.8 Å². The van der Waals surface area contributed by atoms with Crippen molar-refractivity contribution in [2.24, 2.45) is 5.92 Å². The number of hydrogen-bond acceptors (Lipinski definition) is 6. The maximum atomic E-state index is 13.6. The second-order valence-corrected chi connectivity index (χ2v) is 7.76. The van der Waals surface area contributed by atoms with Crippen molar-refractivity contribution in [3.05, 3.63) is 95.8 Å². The molecule has 5 rings (SSSR count). The van der Waals surface area contributed by atoms with E-state index in [4.69, 9.17) is 9.57 Å². The summed E-state index contributed by atoms with van der Waals surface area (Å²) in [6, 6.07) is 20.3. The molecular weight excluding hydrogens is 427 g/mol. The highest BCUT2D eigenvalue weighted by atomic mass is 19.1. The largest absolute Gasteiger partial charge is 0.465 e. The highest BCUT2D eigenvalue weighted by molar-refractivity contribution is 6.24. The van der Waals surface area contributed by atoms with E-state index >= 15 is 0 Å². The minimum Gasteiger partial charge on any atom is -0.465 e. The fourth-order valence-electron chi connectivity index (χ4n) is 4.33. The number of fused-ring (bicyclic) bond motifs is 1. The molecule has 0 saturated carbocycles. The van der Waals surface area contributed by atoms with Gasteiger partial charge in [0.05, 0.1) is 30.1 Å². The highest BCUT2D eigenvalue weighted by Crippen LogP contribution is 2.47. The number of hydroxylamine groups is 1. The van der Waals surface area contributed by atoms with Crippen LogP contribution in [0.4, 0.5) is 15.8 Å². The molecule has 33 heavy (non-hydrogen) atoms. The van der Waals surface area contributed by atoms with Crippen LogP contribution < -0.4 is 9.96 Å². The fraction of sp³-hybridized carbons (Fsp3) is 0.160. The molecule has 3 atom stereocenters. The third-order valence-electron chi connectivity index (χ3n) is 5.88. The van der Waals surface area contributed by atoms with Crippen LogP contribution in [0.15, 0.2) is 78.9 Å². The number of ether oxygens (including phenoxy) is 1. The highest BCUT2D eigenvalue weighted by Gasteiger charge is 2.60. The molecule has 0 bridgehead atoms. The first kappa shape index (κ1) is 20.8. The molecule has 3 aromatic carbocycles. The van der Waals surface area contributed by atoms with E-state index in [1.54, 1.807) is 17.2 Å². The van der Waals surface area contributed by atoms with Crippen LogP contribution >= 0.6 is 0 Å². The number of para-hydroxylation sites is 1. The summed E-state index contributed by atoms with van der Waals surface area (Å²) in [6.07, 6.45) is -1.03. The third kappa shape index (κ3) is 3.44. The molecule has 2 aliphatic heterocycles. The van der Waals surface area contributed by atoms with Crippen LogP contribution in [0.1, 0.15) is 22.0 Å². The summed E-state index contributed by atoms with van der Waals surface area (Å²) >= 11 is 0. The normalized spacial score (nSPS) is 21.9. The number of anilines is 2. The van der Waals surface area contributed by atoms with Crippen LogP contribution in [0.2, 0.25) is 0 Å². The maximum absolute atomic E-state index is 13.6. The minimum atomic E-state index is -1.03. The molecule has 2 aliphatic rings. The Morgan fingerprint density at radius 2 is 1.55 bits per heavy atom. The number of hydrogen-bond donors (Lipinski definition) is 0. The number of esters is 1. The summed E-state index contributed by atoms with van der Waals surface area (Å²) in [5.74, 6) is -2.68. The van der Waals surface area contributed by atoms with E-state index in [1.807, 2.05) is 30.3 Å². The van der Waals surface area contributed by atoms with Crippen molar-refractivity contribution in [2.75, 3.05) is 17.1 Å². The maximum Gasteiger partial charge on any atom is 0.337 e. The summed E-state index contributed by atoms with van der Waals surface area (Å²) in [7, 11) is 1.27. The lowest BCUT2D eigenvalue weighted by atomic mass is 9.90. The second-order valence-electron chi connectivity index (χ2n) is 7.76. The lowest BCUT2D eigenvalue weighted by Crippen LogP contribution is -2.37. The van der Waals surface area contributed by atoms with Crippen molar-refractivity contribution < 1.29 is 28.3 Å². The summed E-state index contributed by atoms with van der Waals surface area (Å²) in [5.41, 5.74) is 1.96. The number of carbonyl (C=O) groups excluding carboxylic acids is 3. The van der Waals surface area contributed by atoms with Gasteiger partial charge in [0, 0.05) is 0 Å². The Kier molecular flexibility index (Phi) is 5.14. The lowest BCUT2D eigenvalue weighted by Gasteiger charge is -2.28. The molecule has 2 heterocycles. The molecule has 2 amide bonds. The average Bonchev–Trinajstić information content (AvgIpc) is 3.36. The van der Waals surface area contributed by atoms with Gasteiger partial charge in [0.15, 0.2) is 6.10 Å². The number of methoxy groups -OCH3 is 1. The standard InChI is InChI=1S/C25H19FN2O5/c1-32-25(31)16-9-13-18(14-10-16)27-23(29)20-21(15-7-11-17(26)12-8-15)28(33-22(20)24(27)30)19-5-3-2-4-6-19/h2-14,20-22H,1H3/t20-,21-,22-/m1/s1. The molecule has 0 aromatic heterocycles. The number of amides is 2. The Bertz CT molecular complexity index is 1210. The molecule has 0 aliphatic carbocycles. The fourth-order valence-corrected chi connectivity index (χ4v) is 4.33. The second kappa shape index (κ2) is 8.14. The molecule has 0 radical (unpaired) electrons. The number of nitrogens with zero attached hydrogens (tertiary/aromatic N) is 2. The zero-order valence-electron chi connectivity index (χ0n) is 17.6. The first-order valence-electron chi connectivity index (χ1n) is 10.3. The Morgan fingerprint density at radius 3 is 2.18 bits per heavy atom. The Balaban J connectivity index is 1.53. The smallest absolute Gasteiger partial charge is 0.337 e. The van der Waals surface area contributed by atoms with Gasteiger partial charge in [0.2, 0.25) is 5.91 Å². The molecule has 0 unspecified atom stereocenters. The minimum absolute atomic E-state index is 0.302. The zero-order valence-corrected chi connectivity index (χ0v) is 17.6. The predicted molar refractivity (Wildman–Crippen MR) is 117 cm³/mol. The molecule has 2 saturated heterocycles. The predicted octanol–water partition coefficient (Wildman–Crippen LogP) is 3.66. The van der Waals surface area contributed by atoms with Gasteiger partial charge >= 0.3 is 5.97 Å². The lowest BCUT2D eigenvalue weighted by molar-refractivity contribution is -0.126. The van der Waals surface area contributed by atoms with Gasteiger partial charge < -0.3 is 4.74 Å². The van der Waals surface area contributed by atoms with Crippen molar-refractivity contribution in [3.8, 4) is 0 Å². The SMILES string of the molecule is COC(=O)c1ccc(N2C(=O)[C@@H]3[C@@H](c4ccc(F)cc4)N(c4ccccc4)O[C@H]3C2=O)cc1. The topological polar surface area (TPSA) is 76.2 Å². The quantitative estimate of drug-likeness (QED) is 0.450. The first-order chi connectivity index (χ1) is 16.0. The third-order valence-corrected chi connectivity index (χ3v) is 5.88. The molecule has 3 aromatic rings. The molecular formula is C25H19FN2O5. The van der Waals surface area contributed by atoms with Gasteiger partial charge in [0.1, 0.15) is 11.7 Å². The van der Waals surface area contributed by atoms with Crippen molar-refractivity contribution in [1.29, 1.82) is 0 Å². The number of rotatable bonds is 4. The van der Waals surface area contributed by atoms with Crippen LogP contribution in [-0.4, -0.2) is 31.0 Å². The van der Waals surface area contributed by atoms with Gasteiger partial charge in [0.25, 0.3) is 5.91 Å². The van der Waals surface area contributed by atoms with Gasteiger partial charge in [-0.1, -0.05) is 30.3 Å². The number of carbonyl (C=O) groups is 3. The van der Waals surface area contributed by atoms with Crippen LogP contribution in [0.3, 0.4) is 0 Å². The monoisotopic (exact) mass is 446 g/mol. The van der Waals surface area contributed by atoms with Crippen molar-refractivity contribution in [1.82, 2.24) is 0 Å². The van der Waals surface area contributed by atoms with Gasteiger partial charge in [-0.3, -0.25) is 14.4 Å². The molecule has 2 fully saturated rings. The number of imide groups is 1. The van der Waals surface area contributed by atoms with Crippen molar-refractivity contribution in [3.63, 3.8) is 0 Å². The van der Waals surface area contributed by atoms with Crippen LogP contribution in [-0.2, 0) is 19.2 Å². The summed E-state index contributed by atoms with van der Waals surface area (Å²) in [5, 5.41) is 1.55. The van der Waals surface area contributed by atoms with Crippen LogP contribution in [0, 0.1) is 11.7 Å². The average molecular weight is 446 g/mol. The van der Waals surface area contributed by atoms with Gasteiger partial charge in [-0.05, 0) is 54.1 Å². The van der Waals surface area contributed by atoms with Crippen LogP contribution in [0.25, 0.3) is 0 Å². The summed E-state index contributed by atoms with van der Waals surface area (Å²) in [6.45, 7) is 0. The molecule has 7 nitrogen and oxygen atoms in total.